The Balaban J connectivity index is 1.80. The maximum Gasteiger partial charge on any atom is 0.278 e. The maximum atomic E-state index is 13.8. The number of hydrogen-bond donors (Lipinski definition) is 0. The van der Waals surface area contributed by atoms with Crippen molar-refractivity contribution in [3.8, 4) is 11.5 Å². The van der Waals surface area contributed by atoms with Crippen LogP contribution in [0.15, 0.2) is 84.6 Å². The highest BCUT2D eigenvalue weighted by Gasteiger charge is 2.42. The molecule has 1 aliphatic heterocycles. The average molecular weight is 457 g/mol. The summed E-state index contributed by atoms with van der Waals surface area (Å²) in [6, 6.07) is 24.4. The van der Waals surface area contributed by atoms with Crippen LogP contribution in [0.5, 0.6) is 11.5 Å². The molecule has 0 spiro atoms. The highest BCUT2D eigenvalue weighted by molar-refractivity contribution is 6.36. The summed E-state index contributed by atoms with van der Waals surface area (Å²) in [7, 11) is 1.58. The Morgan fingerprint density at radius 2 is 1.50 bits per heavy atom. The van der Waals surface area contributed by atoms with Crippen molar-refractivity contribution in [1.29, 1.82) is 0 Å². The minimum atomic E-state index is -0.329. The molecule has 2 amide bonds. The second-order valence-corrected chi connectivity index (χ2v) is 7.77. The van der Waals surface area contributed by atoms with Crippen molar-refractivity contribution in [3.05, 3.63) is 95.7 Å². The van der Waals surface area contributed by atoms with Crippen molar-refractivity contribution >= 4 is 23.1 Å². The van der Waals surface area contributed by atoms with E-state index in [-0.39, 0.29) is 18.4 Å². The number of para-hydroxylation sites is 2. The third-order valence-electron chi connectivity index (χ3n) is 5.77. The summed E-state index contributed by atoms with van der Waals surface area (Å²) < 4.78 is 11.0. The normalized spacial score (nSPS) is 13.4. The fraction of sp³-hybridized carbons (Fsp3) is 0.214. The smallest absolute Gasteiger partial charge is 0.278 e. The highest BCUT2D eigenvalue weighted by atomic mass is 16.5. The van der Waals surface area contributed by atoms with Gasteiger partial charge in [-0.05, 0) is 49.7 Å². The molecule has 6 heteroatoms. The van der Waals surface area contributed by atoms with E-state index in [1.165, 1.54) is 4.90 Å². The summed E-state index contributed by atoms with van der Waals surface area (Å²) in [5.41, 5.74) is 3.05. The Hall–Kier alpha value is -4.06. The second kappa shape index (κ2) is 10.3. The van der Waals surface area contributed by atoms with Crippen molar-refractivity contribution in [2.45, 2.75) is 20.4 Å². The van der Waals surface area contributed by atoms with E-state index in [0.717, 1.165) is 11.3 Å². The van der Waals surface area contributed by atoms with Gasteiger partial charge in [0.25, 0.3) is 11.8 Å². The summed E-state index contributed by atoms with van der Waals surface area (Å²) in [6.07, 6.45) is 0. The molecule has 0 bridgehead atoms. The Bertz CT molecular complexity index is 1200. The standard InChI is InChI=1S/C28H28N2O4/c1-4-29(22-12-7-6-8-13-22)26-25(20-15-17-23(18-16-20)34-5-2)27(31)30(28(26)32)19-21-11-9-10-14-24(21)33-3/h6-18H,4-5,19H2,1-3H3. The lowest BCUT2D eigenvalue weighted by molar-refractivity contribution is -0.137. The minimum Gasteiger partial charge on any atom is -0.496 e. The van der Waals surface area contributed by atoms with E-state index < -0.39 is 0 Å². The van der Waals surface area contributed by atoms with Gasteiger partial charge in [-0.15, -0.1) is 0 Å². The molecule has 0 fully saturated rings. The Morgan fingerprint density at radius 3 is 2.15 bits per heavy atom. The lowest BCUT2D eigenvalue weighted by Gasteiger charge is -2.25. The molecule has 0 aliphatic carbocycles. The molecule has 4 rings (SSSR count). The number of carbonyl (C=O) groups is 2. The summed E-state index contributed by atoms with van der Waals surface area (Å²) in [4.78, 5) is 30.7. The molecule has 174 valence electrons. The van der Waals surface area contributed by atoms with E-state index in [1.807, 2.05) is 97.6 Å². The molecular weight excluding hydrogens is 428 g/mol. The highest BCUT2D eigenvalue weighted by Crippen LogP contribution is 2.36. The van der Waals surface area contributed by atoms with E-state index in [2.05, 4.69) is 0 Å². The second-order valence-electron chi connectivity index (χ2n) is 7.77. The van der Waals surface area contributed by atoms with Crippen LogP contribution < -0.4 is 14.4 Å². The van der Waals surface area contributed by atoms with Gasteiger partial charge in [0.05, 0.1) is 25.8 Å². The fourth-order valence-electron chi connectivity index (χ4n) is 4.18. The lowest BCUT2D eigenvalue weighted by atomic mass is 10.0. The fourth-order valence-corrected chi connectivity index (χ4v) is 4.18. The third-order valence-corrected chi connectivity index (χ3v) is 5.77. The number of likely N-dealkylation sites (N-methyl/N-ethyl adjacent to an activating group) is 1. The largest absolute Gasteiger partial charge is 0.496 e. The lowest BCUT2D eigenvalue weighted by Crippen LogP contribution is -2.35. The number of carbonyl (C=O) groups excluding carboxylic acids is 2. The quantitative estimate of drug-likeness (QED) is 0.429. The molecule has 0 unspecified atom stereocenters. The minimum absolute atomic E-state index is 0.123. The van der Waals surface area contributed by atoms with Crippen LogP contribution in [0.25, 0.3) is 5.57 Å². The number of imide groups is 1. The third kappa shape index (κ3) is 4.39. The van der Waals surface area contributed by atoms with Crippen molar-refractivity contribution in [3.63, 3.8) is 0 Å². The van der Waals surface area contributed by atoms with Crippen LogP contribution in [0.2, 0.25) is 0 Å². The zero-order valence-corrected chi connectivity index (χ0v) is 19.7. The van der Waals surface area contributed by atoms with Crippen molar-refractivity contribution in [2.24, 2.45) is 0 Å². The summed E-state index contributed by atoms with van der Waals surface area (Å²) in [6.45, 7) is 5.09. The Morgan fingerprint density at radius 1 is 0.824 bits per heavy atom. The van der Waals surface area contributed by atoms with Gasteiger partial charge >= 0.3 is 0 Å². The van der Waals surface area contributed by atoms with Crippen LogP contribution in [-0.2, 0) is 16.1 Å². The van der Waals surface area contributed by atoms with Crippen LogP contribution in [0, 0.1) is 0 Å². The molecule has 34 heavy (non-hydrogen) atoms. The zero-order chi connectivity index (χ0) is 24.1. The first-order chi connectivity index (χ1) is 16.6. The number of nitrogens with zero attached hydrogens (tertiary/aromatic N) is 2. The van der Waals surface area contributed by atoms with E-state index in [1.54, 1.807) is 7.11 Å². The summed E-state index contributed by atoms with van der Waals surface area (Å²) >= 11 is 0. The number of amides is 2. The number of hydrogen-bond acceptors (Lipinski definition) is 5. The van der Waals surface area contributed by atoms with Gasteiger partial charge in [-0.2, -0.15) is 0 Å². The molecule has 3 aromatic carbocycles. The maximum absolute atomic E-state index is 13.8. The number of rotatable bonds is 9. The molecule has 0 aromatic heterocycles. The molecule has 0 N–H and O–H groups in total. The van der Waals surface area contributed by atoms with Gasteiger partial charge in [0, 0.05) is 17.8 Å². The number of anilines is 1. The van der Waals surface area contributed by atoms with E-state index in [9.17, 15) is 9.59 Å². The number of ether oxygens (including phenoxy) is 2. The first-order valence-corrected chi connectivity index (χ1v) is 11.4. The zero-order valence-electron chi connectivity index (χ0n) is 19.7. The van der Waals surface area contributed by atoms with Gasteiger partial charge < -0.3 is 14.4 Å². The molecule has 0 radical (unpaired) electrons. The van der Waals surface area contributed by atoms with Gasteiger partial charge in [-0.25, -0.2) is 0 Å². The van der Waals surface area contributed by atoms with Crippen molar-refractivity contribution in [1.82, 2.24) is 4.90 Å². The van der Waals surface area contributed by atoms with Crippen LogP contribution in [0.4, 0.5) is 5.69 Å². The molecule has 3 aromatic rings. The van der Waals surface area contributed by atoms with Gasteiger partial charge in [-0.3, -0.25) is 14.5 Å². The predicted molar refractivity (Wildman–Crippen MR) is 133 cm³/mol. The number of benzene rings is 3. The van der Waals surface area contributed by atoms with Crippen molar-refractivity contribution in [2.75, 3.05) is 25.2 Å². The molecule has 0 atom stereocenters. The molecular formula is C28H28N2O4. The summed E-state index contributed by atoms with van der Waals surface area (Å²) in [5.74, 6) is 0.691. The van der Waals surface area contributed by atoms with Crippen molar-refractivity contribution < 1.29 is 19.1 Å². The van der Waals surface area contributed by atoms with E-state index in [4.69, 9.17) is 9.47 Å². The monoisotopic (exact) mass is 456 g/mol. The van der Waals surface area contributed by atoms with Gasteiger partial charge in [0.2, 0.25) is 0 Å². The van der Waals surface area contributed by atoms with Gasteiger partial charge in [0.1, 0.15) is 17.2 Å². The molecule has 6 nitrogen and oxygen atoms in total. The van der Waals surface area contributed by atoms with Crippen LogP contribution in [-0.4, -0.2) is 37.0 Å². The SMILES string of the molecule is CCOc1ccc(C2=C(N(CC)c3ccccc3)C(=O)N(Cc3ccccc3OC)C2=O)cc1. The Kier molecular flexibility index (Phi) is 6.97. The average Bonchev–Trinajstić information content (AvgIpc) is 3.11. The Labute approximate surface area is 200 Å². The van der Waals surface area contributed by atoms with Gasteiger partial charge in [-0.1, -0.05) is 48.5 Å². The first kappa shape index (κ1) is 23.1. The van der Waals surface area contributed by atoms with E-state index >= 15 is 0 Å². The first-order valence-electron chi connectivity index (χ1n) is 11.4. The van der Waals surface area contributed by atoms with Crippen LogP contribution in [0.3, 0.4) is 0 Å². The summed E-state index contributed by atoms with van der Waals surface area (Å²) in [5, 5.41) is 0. The number of methoxy groups -OCH3 is 1. The molecule has 0 saturated carbocycles. The van der Waals surface area contributed by atoms with E-state index in [0.29, 0.717) is 41.5 Å². The van der Waals surface area contributed by atoms with Gasteiger partial charge in [0.15, 0.2) is 0 Å². The topological polar surface area (TPSA) is 59.1 Å². The van der Waals surface area contributed by atoms with Crippen LogP contribution in [0.1, 0.15) is 25.0 Å². The molecule has 1 heterocycles. The predicted octanol–water partition coefficient (Wildman–Crippen LogP) is 4.90. The molecule has 1 aliphatic rings. The molecule has 0 saturated heterocycles. The van der Waals surface area contributed by atoms with Crippen LogP contribution >= 0.6 is 0 Å².